The first-order chi connectivity index (χ1) is 9.33. The summed E-state index contributed by atoms with van der Waals surface area (Å²) in [6.07, 6.45) is -1.50. The molecule has 0 saturated carbocycles. The minimum atomic E-state index is -0.819. The highest BCUT2D eigenvalue weighted by Gasteiger charge is 2.05. The average molecular weight is 296 g/mol. The predicted octanol–water partition coefficient (Wildman–Crippen LogP) is 1.03. The molecule has 0 aliphatic heterocycles. The third-order valence-corrected chi connectivity index (χ3v) is 1.73. The van der Waals surface area contributed by atoms with Crippen LogP contribution in [0, 0.1) is 0 Å². The molecule has 4 N–H and O–H groups in total. The maximum atomic E-state index is 8.78. The lowest BCUT2D eigenvalue weighted by molar-refractivity contribution is -0.208. The van der Waals surface area contributed by atoms with Gasteiger partial charge in [0.05, 0.1) is 25.4 Å². The SMILES string of the molecule is C=C.CC(O)COCC(C)O.CCC(O)OC(O)CC. The molecule has 6 heteroatoms. The van der Waals surface area contributed by atoms with Crippen LogP contribution < -0.4 is 0 Å². The van der Waals surface area contributed by atoms with Gasteiger partial charge in [-0.2, -0.15) is 0 Å². The van der Waals surface area contributed by atoms with Crippen molar-refractivity contribution >= 4 is 0 Å². The molecule has 4 atom stereocenters. The van der Waals surface area contributed by atoms with E-state index in [0.29, 0.717) is 26.1 Å². The van der Waals surface area contributed by atoms with Crippen molar-refractivity contribution in [1.82, 2.24) is 0 Å². The Kier molecular flexibility index (Phi) is 22.7. The third kappa shape index (κ3) is 26.1. The molecular weight excluding hydrogens is 264 g/mol. The zero-order valence-corrected chi connectivity index (χ0v) is 13.2. The molecule has 0 aliphatic carbocycles. The molecule has 0 amide bonds. The first kappa shape index (κ1) is 24.5. The fraction of sp³-hybridized carbons (Fsp3) is 0.857. The van der Waals surface area contributed by atoms with Gasteiger partial charge >= 0.3 is 0 Å². The second kappa shape index (κ2) is 18.5. The fourth-order valence-corrected chi connectivity index (χ4v) is 0.783. The van der Waals surface area contributed by atoms with Crippen LogP contribution in [0.3, 0.4) is 0 Å². The maximum Gasteiger partial charge on any atom is 0.157 e. The quantitative estimate of drug-likeness (QED) is 0.394. The Bertz CT molecular complexity index is 159. The summed E-state index contributed by atoms with van der Waals surface area (Å²) in [5, 5.41) is 34.9. The molecule has 0 rings (SSSR count). The lowest BCUT2D eigenvalue weighted by Gasteiger charge is -2.13. The fourth-order valence-electron chi connectivity index (χ4n) is 0.783. The molecule has 0 fully saturated rings. The second-order valence-corrected chi connectivity index (χ2v) is 4.10. The van der Waals surface area contributed by atoms with Gasteiger partial charge in [-0.1, -0.05) is 13.8 Å². The molecule has 6 nitrogen and oxygen atoms in total. The number of aliphatic hydroxyl groups is 4. The molecule has 0 aromatic rings. The normalized spacial score (nSPS) is 15.8. The number of hydrogen-bond acceptors (Lipinski definition) is 6. The molecule has 0 radical (unpaired) electrons. The van der Waals surface area contributed by atoms with Crippen molar-refractivity contribution in [2.45, 2.75) is 65.3 Å². The van der Waals surface area contributed by atoms with Crippen LogP contribution in [0.4, 0.5) is 0 Å². The standard InChI is InChI=1S/2C6H14O3.C2H4/c1-5(7)3-9-4-6(2)8;1-3-5(7)9-6(8)4-2;1-2/h2*5-8H,3-4H2,1-2H3;1-2H2. The van der Waals surface area contributed by atoms with Gasteiger partial charge in [0.2, 0.25) is 0 Å². The summed E-state index contributed by atoms with van der Waals surface area (Å²) < 4.78 is 9.52. The number of aliphatic hydroxyl groups excluding tert-OH is 4. The average Bonchev–Trinajstić information content (AvgIpc) is 2.40. The molecule has 0 bridgehead atoms. The smallest absolute Gasteiger partial charge is 0.157 e. The van der Waals surface area contributed by atoms with Crippen LogP contribution in [-0.4, -0.2) is 58.4 Å². The molecule has 0 aliphatic rings. The van der Waals surface area contributed by atoms with Gasteiger partial charge in [-0.05, 0) is 26.7 Å². The number of ether oxygens (including phenoxy) is 2. The van der Waals surface area contributed by atoms with E-state index in [4.69, 9.17) is 25.2 Å². The van der Waals surface area contributed by atoms with Crippen LogP contribution in [0.2, 0.25) is 0 Å². The first-order valence-electron chi connectivity index (χ1n) is 6.78. The van der Waals surface area contributed by atoms with Gasteiger partial charge in [0.15, 0.2) is 12.6 Å². The molecule has 124 valence electrons. The highest BCUT2D eigenvalue weighted by molar-refractivity contribution is 4.45. The van der Waals surface area contributed by atoms with Crippen LogP contribution in [-0.2, 0) is 9.47 Å². The van der Waals surface area contributed by atoms with E-state index in [0.717, 1.165) is 0 Å². The lowest BCUT2D eigenvalue weighted by atomic mass is 10.4. The summed E-state index contributed by atoms with van der Waals surface area (Å²) in [5.74, 6) is 0. The van der Waals surface area contributed by atoms with Crippen molar-refractivity contribution in [3.63, 3.8) is 0 Å². The molecule has 4 unspecified atom stereocenters. The van der Waals surface area contributed by atoms with Crippen LogP contribution in [0.5, 0.6) is 0 Å². The molecule has 20 heavy (non-hydrogen) atoms. The largest absolute Gasteiger partial charge is 0.391 e. The minimum absolute atomic E-state index is 0.297. The van der Waals surface area contributed by atoms with E-state index < -0.39 is 24.8 Å². The van der Waals surface area contributed by atoms with Gasteiger partial charge in [0.25, 0.3) is 0 Å². The third-order valence-electron chi connectivity index (χ3n) is 1.73. The van der Waals surface area contributed by atoms with E-state index in [2.05, 4.69) is 17.9 Å². The Balaban J connectivity index is -0.000000257. The zero-order chi connectivity index (χ0) is 16.6. The minimum Gasteiger partial charge on any atom is -0.391 e. The second-order valence-electron chi connectivity index (χ2n) is 4.10. The predicted molar refractivity (Wildman–Crippen MR) is 79.1 cm³/mol. The number of hydrogen-bond donors (Lipinski definition) is 4. The Morgan fingerprint density at radius 1 is 0.800 bits per heavy atom. The summed E-state index contributed by atoms with van der Waals surface area (Å²) in [6, 6.07) is 0. The topological polar surface area (TPSA) is 99.4 Å². The summed E-state index contributed by atoms with van der Waals surface area (Å²) >= 11 is 0. The van der Waals surface area contributed by atoms with Gasteiger partial charge in [0.1, 0.15) is 0 Å². The highest BCUT2D eigenvalue weighted by atomic mass is 16.7. The molecule has 0 saturated heterocycles. The van der Waals surface area contributed by atoms with Gasteiger partial charge in [0, 0.05) is 0 Å². The summed E-state index contributed by atoms with van der Waals surface area (Å²) in [6.45, 7) is 13.4. The van der Waals surface area contributed by atoms with Crippen molar-refractivity contribution in [2.75, 3.05) is 13.2 Å². The van der Waals surface area contributed by atoms with Crippen molar-refractivity contribution < 1.29 is 29.9 Å². The van der Waals surface area contributed by atoms with E-state index in [-0.39, 0.29) is 0 Å². The van der Waals surface area contributed by atoms with E-state index in [1.807, 2.05) is 0 Å². The summed E-state index contributed by atoms with van der Waals surface area (Å²) in [5.41, 5.74) is 0. The Morgan fingerprint density at radius 2 is 1.10 bits per heavy atom. The molecule has 0 heterocycles. The van der Waals surface area contributed by atoms with Crippen molar-refractivity contribution in [1.29, 1.82) is 0 Å². The van der Waals surface area contributed by atoms with Crippen molar-refractivity contribution in [3.05, 3.63) is 13.2 Å². The van der Waals surface area contributed by atoms with Crippen molar-refractivity contribution in [2.24, 2.45) is 0 Å². The first-order valence-corrected chi connectivity index (χ1v) is 6.78. The maximum absolute atomic E-state index is 8.78. The molecule has 0 aromatic heterocycles. The number of rotatable bonds is 8. The summed E-state index contributed by atoms with van der Waals surface area (Å²) in [4.78, 5) is 0. The van der Waals surface area contributed by atoms with E-state index in [1.54, 1.807) is 27.7 Å². The summed E-state index contributed by atoms with van der Waals surface area (Å²) in [7, 11) is 0. The van der Waals surface area contributed by atoms with Crippen LogP contribution in [0.15, 0.2) is 13.2 Å². The zero-order valence-electron chi connectivity index (χ0n) is 13.2. The van der Waals surface area contributed by atoms with Gasteiger partial charge < -0.3 is 29.9 Å². The monoisotopic (exact) mass is 296 g/mol. The van der Waals surface area contributed by atoms with Gasteiger partial charge in [-0.25, -0.2) is 0 Å². The Hall–Kier alpha value is -0.500. The Morgan fingerprint density at radius 3 is 1.30 bits per heavy atom. The Labute approximate surface area is 122 Å². The van der Waals surface area contributed by atoms with E-state index in [1.165, 1.54) is 0 Å². The van der Waals surface area contributed by atoms with Crippen LogP contribution in [0.25, 0.3) is 0 Å². The van der Waals surface area contributed by atoms with Crippen LogP contribution in [0.1, 0.15) is 40.5 Å². The highest BCUT2D eigenvalue weighted by Crippen LogP contribution is 1.99. The van der Waals surface area contributed by atoms with Gasteiger partial charge in [-0.15, -0.1) is 13.2 Å². The van der Waals surface area contributed by atoms with Gasteiger partial charge in [-0.3, -0.25) is 0 Å². The molecule has 0 aromatic carbocycles. The van der Waals surface area contributed by atoms with E-state index in [9.17, 15) is 0 Å². The molecular formula is C14H32O6. The lowest BCUT2D eigenvalue weighted by Crippen LogP contribution is -2.19. The van der Waals surface area contributed by atoms with E-state index >= 15 is 0 Å². The van der Waals surface area contributed by atoms with Crippen molar-refractivity contribution in [3.8, 4) is 0 Å². The van der Waals surface area contributed by atoms with Crippen LogP contribution >= 0.6 is 0 Å². The molecule has 0 spiro atoms.